The van der Waals surface area contributed by atoms with Crippen LogP contribution in [0.3, 0.4) is 0 Å². The second-order valence-electron chi connectivity index (χ2n) is 6.67. The van der Waals surface area contributed by atoms with E-state index in [1.165, 1.54) is 30.9 Å². The second-order valence-corrected chi connectivity index (χ2v) is 7.78. The number of anilines is 1. The van der Waals surface area contributed by atoms with E-state index in [-0.39, 0.29) is 22.5 Å². The van der Waals surface area contributed by atoms with E-state index in [2.05, 4.69) is 10.3 Å². The Hall–Kier alpha value is -3.65. The van der Waals surface area contributed by atoms with Crippen molar-refractivity contribution in [3.8, 4) is 0 Å². The Labute approximate surface area is 176 Å². The van der Waals surface area contributed by atoms with Crippen molar-refractivity contribution in [2.24, 2.45) is 14.1 Å². The zero-order valence-electron chi connectivity index (χ0n) is 16.3. The summed E-state index contributed by atoms with van der Waals surface area (Å²) in [5, 5.41) is 3.10. The molecule has 150 valence electrons. The highest BCUT2D eigenvalue weighted by atomic mass is 32.2. The smallest absolute Gasteiger partial charge is 0.321 e. The van der Waals surface area contributed by atoms with Crippen LogP contribution in [0.2, 0.25) is 0 Å². The fourth-order valence-electron chi connectivity index (χ4n) is 3.06. The maximum absolute atomic E-state index is 12.9. The number of nitrogens with one attached hydrogen (secondary N) is 1. The Morgan fingerprint density at radius 3 is 2.43 bits per heavy atom. The summed E-state index contributed by atoms with van der Waals surface area (Å²) in [6.45, 7) is 0. The molecule has 4 aromatic rings. The Balaban J connectivity index is 1.68. The number of para-hydroxylation sites is 1. The van der Waals surface area contributed by atoms with Gasteiger partial charge in [0, 0.05) is 30.1 Å². The van der Waals surface area contributed by atoms with E-state index in [1.54, 1.807) is 11.8 Å². The second kappa shape index (κ2) is 8.00. The zero-order valence-corrected chi connectivity index (χ0v) is 17.1. The SMILES string of the molecule is Cn1c(=O)c2cc(C(=O)Nc3ccccc3Sc3ccccc3)cnc2n(C)c1=O. The Morgan fingerprint density at radius 2 is 1.67 bits per heavy atom. The predicted molar refractivity (Wildman–Crippen MR) is 117 cm³/mol. The normalized spacial score (nSPS) is 10.9. The number of hydrogen-bond acceptors (Lipinski definition) is 5. The van der Waals surface area contributed by atoms with Crippen LogP contribution in [0, 0.1) is 0 Å². The van der Waals surface area contributed by atoms with Crippen molar-refractivity contribution < 1.29 is 4.79 Å². The summed E-state index contributed by atoms with van der Waals surface area (Å²) >= 11 is 1.54. The Bertz CT molecular complexity index is 1380. The van der Waals surface area contributed by atoms with Crippen molar-refractivity contribution in [3.05, 3.63) is 93.3 Å². The van der Waals surface area contributed by atoms with E-state index < -0.39 is 11.2 Å². The van der Waals surface area contributed by atoms with Gasteiger partial charge in [-0.2, -0.15) is 0 Å². The van der Waals surface area contributed by atoms with Crippen molar-refractivity contribution in [1.29, 1.82) is 0 Å². The summed E-state index contributed by atoms with van der Waals surface area (Å²) in [5.74, 6) is -0.388. The lowest BCUT2D eigenvalue weighted by atomic mass is 10.2. The first-order chi connectivity index (χ1) is 14.5. The number of aromatic nitrogens is 3. The average molecular weight is 418 g/mol. The zero-order chi connectivity index (χ0) is 21.3. The third kappa shape index (κ3) is 3.65. The van der Waals surface area contributed by atoms with Crippen molar-refractivity contribution in [2.45, 2.75) is 9.79 Å². The quantitative estimate of drug-likeness (QED) is 0.551. The van der Waals surface area contributed by atoms with Crippen molar-refractivity contribution in [2.75, 3.05) is 5.32 Å². The molecule has 1 N–H and O–H groups in total. The van der Waals surface area contributed by atoms with Crippen LogP contribution in [0.25, 0.3) is 11.0 Å². The molecule has 0 fully saturated rings. The minimum absolute atomic E-state index is 0.208. The van der Waals surface area contributed by atoms with Crippen LogP contribution in [0.5, 0.6) is 0 Å². The van der Waals surface area contributed by atoms with Crippen molar-refractivity contribution in [1.82, 2.24) is 14.1 Å². The molecule has 4 rings (SSSR count). The summed E-state index contributed by atoms with van der Waals surface area (Å²) in [6.07, 6.45) is 1.36. The van der Waals surface area contributed by atoms with Crippen LogP contribution in [0.1, 0.15) is 10.4 Å². The first-order valence-electron chi connectivity index (χ1n) is 9.15. The molecule has 0 spiro atoms. The number of fused-ring (bicyclic) bond motifs is 1. The summed E-state index contributed by atoms with van der Waals surface area (Å²) < 4.78 is 2.28. The van der Waals surface area contributed by atoms with Gasteiger partial charge in [-0.1, -0.05) is 42.1 Å². The van der Waals surface area contributed by atoms with E-state index in [1.807, 2.05) is 54.6 Å². The monoisotopic (exact) mass is 418 g/mol. The minimum Gasteiger partial charge on any atom is -0.321 e. The predicted octanol–water partition coefficient (Wildman–Crippen LogP) is 3.04. The lowest BCUT2D eigenvalue weighted by Gasteiger charge is -2.11. The van der Waals surface area contributed by atoms with Crippen LogP contribution in [0.15, 0.2) is 86.2 Å². The van der Waals surface area contributed by atoms with Crippen LogP contribution in [0.4, 0.5) is 5.69 Å². The van der Waals surface area contributed by atoms with Gasteiger partial charge in [-0.25, -0.2) is 9.78 Å². The van der Waals surface area contributed by atoms with Crippen molar-refractivity contribution >= 4 is 34.4 Å². The van der Waals surface area contributed by atoms with Gasteiger partial charge in [0.1, 0.15) is 5.65 Å². The molecule has 7 nitrogen and oxygen atoms in total. The number of nitrogens with zero attached hydrogens (tertiary/aromatic N) is 3. The molecule has 0 aliphatic carbocycles. The number of amides is 1. The molecule has 0 saturated carbocycles. The van der Waals surface area contributed by atoms with E-state index in [4.69, 9.17) is 0 Å². The Morgan fingerprint density at radius 1 is 0.967 bits per heavy atom. The maximum Gasteiger partial charge on any atom is 0.332 e. The van der Waals surface area contributed by atoms with Crippen molar-refractivity contribution in [3.63, 3.8) is 0 Å². The topological polar surface area (TPSA) is 86.0 Å². The molecule has 0 unspecified atom stereocenters. The van der Waals surface area contributed by atoms with Gasteiger partial charge in [0.25, 0.3) is 11.5 Å². The van der Waals surface area contributed by atoms with Gasteiger partial charge in [0.05, 0.1) is 16.6 Å². The largest absolute Gasteiger partial charge is 0.332 e. The van der Waals surface area contributed by atoms with Crippen LogP contribution >= 0.6 is 11.8 Å². The molecular formula is C22H18N4O3S. The third-order valence-corrected chi connectivity index (χ3v) is 5.75. The maximum atomic E-state index is 12.9. The highest BCUT2D eigenvalue weighted by Gasteiger charge is 2.15. The van der Waals surface area contributed by atoms with Crippen LogP contribution < -0.4 is 16.6 Å². The van der Waals surface area contributed by atoms with Gasteiger partial charge >= 0.3 is 5.69 Å². The lowest BCUT2D eigenvalue weighted by Crippen LogP contribution is -2.37. The van der Waals surface area contributed by atoms with Gasteiger partial charge in [-0.15, -0.1) is 0 Å². The highest BCUT2D eigenvalue weighted by molar-refractivity contribution is 7.99. The molecular weight excluding hydrogens is 400 g/mol. The lowest BCUT2D eigenvalue weighted by molar-refractivity contribution is 0.102. The van der Waals surface area contributed by atoms with E-state index in [0.29, 0.717) is 5.69 Å². The molecule has 0 aliphatic heterocycles. The molecule has 0 bridgehead atoms. The highest BCUT2D eigenvalue weighted by Crippen LogP contribution is 2.33. The molecule has 30 heavy (non-hydrogen) atoms. The van der Waals surface area contributed by atoms with Crippen LogP contribution in [-0.4, -0.2) is 20.0 Å². The molecule has 0 aliphatic rings. The average Bonchev–Trinajstić information content (AvgIpc) is 2.78. The fraction of sp³-hybridized carbons (Fsp3) is 0.0909. The third-order valence-electron chi connectivity index (χ3n) is 4.66. The molecule has 0 atom stereocenters. The van der Waals surface area contributed by atoms with Gasteiger partial charge in [-0.3, -0.25) is 18.7 Å². The molecule has 1 amide bonds. The molecule has 0 saturated heterocycles. The molecule has 2 heterocycles. The van der Waals surface area contributed by atoms with E-state index in [9.17, 15) is 14.4 Å². The first kappa shape index (κ1) is 19.7. The van der Waals surface area contributed by atoms with E-state index in [0.717, 1.165) is 14.4 Å². The standard InChI is InChI=1S/C22H18N4O3S/c1-25-19-16(21(28)26(2)22(25)29)12-14(13-23-19)20(27)24-17-10-6-7-11-18(17)30-15-8-4-3-5-9-15/h3-13H,1-2H3,(H,24,27). The summed E-state index contributed by atoms with van der Waals surface area (Å²) in [7, 11) is 2.93. The number of carbonyl (C=O) groups excluding carboxylic acids is 1. The van der Waals surface area contributed by atoms with Gasteiger partial charge < -0.3 is 5.32 Å². The summed E-state index contributed by atoms with van der Waals surface area (Å²) in [4.78, 5) is 43.5. The van der Waals surface area contributed by atoms with Gasteiger partial charge in [-0.05, 0) is 30.3 Å². The Kier molecular flexibility index (Phi) is 5.24. The number of benzene rings is 2. The fourth-order valence-corrected chi connectivity index (χ4v) is 3.98. The number of aryl methyl sites for hydroxylation is 1. The molecule has 2 aromatic heterocycles. The van der Waals surface area contributed by atoms with Gasteiger partial charge in [0.2, 0.25) is 0 Å². The molecule has 0 radical (unpaired) electrons. The number of pyridine rings is 1. The summed E-state index contributed by atoms with van der Waals surface area (Å²) in [6, 6.07) is 18.8. The minimum atomic E-state index is -0.490. The molecule has 2 aromatic carbocycles. The van der Waals surface area contributed by atoms with Gasteiger partial charge in [0.15, 0.2) is 0 Å². The number of hydrogen-bond donors (Lipinski definition) is 1. The number of rotatable bonds is 4. The van der Waals surface area contributed by atoms with E-state index >= 15 is 0 Å². The van der Waals surface area contributed by atoms with Crippen LogP contribution in [-0.2, 0) is 14.1 Å². The summed E-state index contributed by atoms with van der Waals surface area (Å²) in [5.41, 5.74) is 0.168. The molecule has 8 heteroatoms. The first-order valence-corrected chi connectivity index (χ1v) is 9.96. The number of carbonyl (C=O) groups is 1.